The van der Waals surface area contributed by atoms with E-state index in [1.807, 2.05) is 31.2 Å². The van der Waals surface area contributed by atoms with E-state index in [-0.39, 0.29) is 30.9 Å². The number of nitrogens with zero attached hydrogens (tertiary/aromatic N) is 2. The number of hydrogen-bond acceptors (Lipinski definition) is 5. The molecule has 0 aliphatic carbocycles. The largest absolute Gasteiger partial charge is 0.376 e. The smallest absolute Gasteiger partial charge is 0.336 e. The summed E-state index contributed by atoms with van der Waals surface area (Å²) < 4.78 is 7.92. The zero-order chi connectivity index (χ0) is 28.1. The Balaban J connectivity index is 1.40. The molecule has 206 valence electrons. The van der Waals surface area contributed by atoms with Gasteiger partial charge in [-0.25, -0.2) is 9.36 Å². The van der Waals surface area contributed by atoms with E-state index in [1.165, 1.54) is 4.57 Å². The van der Waals surface area contributed by atoms with Crippen molar-refractivity contribution in [1.82, 2.24) is 14.5 Å². The van der Waals surface area contributed by atoms with Crippen LogP contribution in [-0.4, -0.2) is 40.2 Å². The van der Waals surface area contributed by atoms with Gasteiger partial charge in [-0.1, -0.05) is 49.4 Å². The van der Waals surface area contributed by atoms with E-state index in [4.69, 9.17) is 4.74 Å². The molecule has 2 amide bonds. The third kappa shape index (κ3) is 5.89. The Bertz CT molecular complexity index is 1650. The van der Waals surface area contributed by atoms with Crippen molar-refractivity contribution in [3.63, 3.8) is 0 Å². The molecule has 9 heteroatoms. The number of aryl methyl sites for hydroxylation is 1. The highest BCUT2D eigenvalue weighted by Gasteiger charge is 2.18. The molecule has 9 nitrogen and oxygen atoms in total. The van der Waals surface area contributed by atoms with Crippen molar-refractivity contribution in [2.24, 2.45) is 0 Å². The molecule has 1 atom stereocenters. The van der Waals surface area contributed by atoms with Crippen molar-refractivity contribution in [2.45, 2.75) is 45.3 Å². The number of ether oxygens (including phenoxy) is 1. The summed E-state index contributed by atoms with van der Waals surface area (Å²) in [5.74, 6) is -0.494. The molecule has 1 aromatic heterocycles. The van der Waals surface area contributed by atoms with Gasteiger partial charge in [0.2, 0.25) is 11.8 Å². The summed E-state index contributed by atoms with van der Waals surface area (Å²) in [6.07, 6.45) is 2.94. The monoisotopic (exact) mass is 540 g/mol. The third-order valence-electron chi connectivity index (χ3n) is 7.13. The van der Waals surface area contributed by atoms with Crippen LogP contribution in [0.3, 0.4) is 0 Å². The number of hydrogen-bond donors (Lipinski definition) is 2. The van der Waals surface area contributed by atoms with Gasteiger partial charge in [-0.2, -0.15) is 0 Å². The summed E-state index contributed by atoms with van der Waals surface area (Å²) in [4.78, 5) is 52.5. The second-order valence-electron chi connectivity index (χ2n) is 9.87. The summed E-state index contributed by atoms with van der Waals surface area (Å²) in [5, 5.41) is 6.12. The minimum atomic E-state index is -0.621. The van der Waals surface area contributed by atoms with Crippen molar-refractivity contribution in [3.05, 3.63) is 105 Å². The number of rotatable bonds is 9. The molecule has 2 N–H and O–H groups in total. The van der Waals surface area contributed by atoms with Gasteiger partial charge in [0, 0.05) is 18.8 Å². The number of para-hydroxylation sites is 2. The topological polar surface area (TPSA) is 111 Å². The van der Waals surface area contributed by atoms with Crippen molar-refractivity contribution >= 4 is 28.4 Å². The predicted octanol–water partition coefficient (Wildman–Crippen LogP) is 3.19. The lowest BCUT2D eigenvalue weighted by Gasteiger charge is -2.15. The summed E-state index contributed by atoms with van der Waals surface area (Å²) in [6, 6.07) is 21.0. The quantitative estimate of drug-likeness (QED) is 0.339. The fourth-order valence-electron chi connectivity index (χ4n) is 5.03. The standard InChI is InChI=1S/C31H32N4O5/c1-2-22-8-3-5-11-26(22)33-29(37)20-34-27-12-6-4-10-25(27)30(38)35(31(34)39)23-15-13-21(14-16-23)18-28(36)32-19-24-9-7-17-40-24/h3-6,8,10-16,24H,2,7,9,17-20H2,1H3,(H,32,36)(H,33,37). The van der Waals surface area contributed by atoms with E-state index in [0.717, 1.165) is 41.6 Å². The highest BCUT2D eigenvalue weighted by atomic mass is 16.5. The molecule has 0 radical (unpaired) electrons. The SMILES string of the molecule is CCc1ccccc1NC(=O)Cn1c(=O)n(-c2ccc(CC(=O)NCC3CCCO3)cc2)c(=O)c2ccccc21. The summed E-state index contributed by atoms with van der Waals surface area (Å²) in [6.45, 7) is 2.96. The molecule has 5 rings (SSSR count). The van der Waals surface area contributed by atoms with Crippen molar-refractivity contribution in [3.8, 4) is 5.69 Å². The van der Waals surface area contributed by atoms with Crippen LogP contribution in [0.2, 0.25) is 0 Å². The number of carbonyl (C=O) groups is 2. The zero-order valence-corrected chi connectivity index (χ0v) is 22.4. The van der Waals surface area contributed by atoms with Crippen LogP contribution in [-0.2, 0) is 33.7 Å². The first-order valence-electron chi connectivity index (χ1n) is 13.5. The van der Waals surface area contributed by atoms with E-state index in [0.29, 0.717) is 28.8 Å². The fraction of sp³-hybridized carbons (Fsp3) is 0.290. The van der Waals surface area contributed by atoms with Gasteiger partial charge in [0.05, 0.1) is 29.1 Å². The molecule has 1 unspecified atom stereocenters. The number of carbonyl (C=O) groups excluding carboxylic acids is 2. The Kier molecular flexibility index (Phi) is 8.21. The number of fused-ring (bicyclic) bond motifs is 1. The maximum absolute atomic E-state index is 13.7. The zero-order valence-electron chi connectivity index (χ0n) is 22.4. The number of aromatic nitrogens is 2. The molecule has 1 aliphatic rings. The summed E-state index contributed by atoms with van der Waals surface area (Å²) >= 11 is 0. The van der Waals surface area contributed by atoms with E-state index in [9.17, 15) is 19.2 Å². The molecule has 1 fully saturated rings. The van der Waals surface area contributed by atoms with E-state index < -0.39 is 11.2 Å². The van der Waals surface area contributed by atoms with Crippen molar-refractivity contribution in [2.75, 3.05) is 18.5 Å². The minimum absolute atomic E-state index is 0.0664. The van der Waals surface area contributed by atoms with Crippen LogP contribution in [0, 0.1) is 0 Å². The number of benzene rings is 3. The maximum Gasteiger partial charge on any atom is 0.336 e. The first-order chi connectivity index (χ1) is 19.4. The van der Waals surface area contributed by atoms with Crippen LogP contribution in [0.15, 0.2) is 82.4 Å². The number of nitrogens with one attached hydrogen (secondary N) is 2. The molecule has 0 saturated carbocycles. The van der Waals surface area contributed by atoms with Gasteiger partial charge in [-0.15, -0.1) is 0 Å². The average Bonchev–Trinajstić information content (AvgIpc) is 3.49. The Labute approximate surface area is 231 Å². The van der Waals surface area contributed by atoms with Crippen molar-refractivity contribution in [1.29, 1.82) is 0 Å². The van der Waals surface area contributed by atoms with Crippen LogP contribution in [0.4, 0.5) is 5.69 Å². The lowest BCUT2D eigenvalue weighted by molar-refractivity contribution is -0.121. The van der Waals surface area contributed by atoms with Gasteiger partial charge < -0.3 is 15.4 Å². The minimum Gasteiger partial charge on any atom is -0.376 e. The molecule has 1 aliphatic heterocycles. The van der Waals surface area contributed by atoms with Gasteiger partial charge in [-0.05, 0) is 60.7 Å². The lowest BCUT2D eigenvalue weighted by atomic mass is 10.1. The van der Waals surface area contributed by atoms with Gasteiger partial charge in [0.15, 0.2) is 0 Å². The molecule has 0 bridgehead atoms. The highest BCUT2D eigenvalue weighted by molar-refractivity contribution is 5.92. The molecule has 4 aromatic rings. The van der Waals surface area contributed by atoms with E-state index in [1.54, 1.807) is 48.5 Å². The van der Waals surface area contributed by atoms with Gasteiger partial charge in [0.25, 0.3) is 5.56 Å². The van der Waals surface area contributed by atoms with Crippen LogP contribution < -0.4 is 21.9 Å². The second kappa shape index (κ2) is 12.1. The lowest BCUT2D eigenvalue weighted by Crippen LogP contribution is -2.40. The van der Waals surface area contributed by atoms with Gasteiger partial charge in [0.1, 0.15) is 6.54 Å². The molecule has 2 heterocycles. The first-order valence-corrected chi connectivity index (χ1v) is 13.5. The second-order valence-corrected chi connectivity index (χ2v) is 9.87. The molecule has 1 saturated heterocycles. The number of amides is 2. The van der Waals surface area contributed by atoms with Gasteiger partial charge in [-0.3, -0.25) is 19.0 Å². The fourth-order valence-corrected chi connectivity index (χ4v) is 5.03. The van der Waals surface area contributed by atoms with Crippen LogP contribution in [0.25, 0.3) is 16.6 Å². The summed E-state index contributed by atoms with van der Waals surface area (Å²) in [5.41, 5.74) is 2.06. The molecule has 0 spiro atoms. The molecular weight excluding hydrogens is 508 g/mol. The molecular formula is C31H32N4O5. The van der Waals surface area contributed by atoms with Crippen molar-refractivity contribution < 1.29 is 14.3 Å². The number of anilines is 1. The Morgan fingerprint density at radius 1 is 0.950 bits per heavy atom. The first kappa shape index (κ1) is 27.1. The summed E-state index contributed by atoms with van der Waals surface area (Å²) in [7, 11) is 0. The predicted molar refractivity (Wildman–Crippen MR) is 154 cm³/mol. The van der Waals surface area contributed by atoms with E-state index in [2.05, 4.69) is 10.6 Å². The Morgan fingerprint density at radius 2 is 1.70 bits per heavy atom. The molecule has 3 aromatic carbocycles. The van der Waals surface area contributed by atoms with Crippen LogP contribution in [0.5, 0.6) is 0 Å². The average molecular weight is 541 g/mol. The maximum atomic E-state index is 13.7. The normalized spacial score (nSPS) is 14.8. The highest BCUT2D eigenvalue weighted by Crippen LogP contribution is 2.16. The Hall–Kier alpha value is -4.50. The Morgan fingerprint density at radius 3 is 2.45 bits per heavy atom. The van der Waals surface area contributed by atoms with Gasteiger partial charge >= 0.3 is 5.69 Å². The van der Waals surface area contributed by atoms with Crippen LogP contribution in [0.1, 0.15) is 30.9 Å². The van der Waals surface area contributed by atoms with E-state index >= 15 is 0 Å². The molecule has 40 heavy (non-hydrogen) atoms. The third-order valence-corrected chi connectivity index (χ3v) is 7.13. The van der Waals surface area contributed by atoms with Crippen LogP contribution >= 0.6 is 0 Å².